The zero-order chi connectivity index (χ0) is 12.8. The number of nitrogens with zero attached hydrogens (tertiary/aromatic N) is 1. The van der Waals surface area contributed by atoms with Gasteiger partial charge in [0, 0.05) is 18.4 Å². The van der Waals surface area contributed by atoms with E-state index in [1.54, 1.807) is 6.20 Å². The first-order valence-corrected chi connectivity index (χ1v) is 6.19. The summed E-state index contributed by atoms with van der Waals surface area (Å²) >= 11 is 0. The molecule has 94 valence electrons. The van der Waals surface area contributed by atoms with Gasteiger partial charge in [-0.05, 0) is 43.7 Å². The smallest absolute Gasteiger partial charge is 0.119 e. The number of aromatic nitrogens is 1. The van der Waals surface area contributed by atoms with E-state index in [0.717, 1.165) is 11.4 Å². The summed E-state index contributed by atoms with van der Waals surface area (Å²) in [5.74, 6) is 0.912. The van der Waals surface area contributed by atoms with Crippen molar-refractivity contribution in [2.75, 3.05) is 11.9 Å². The summed E-state index contributed by atoms with van der Waals surface area (Å²) in [6.45, 7) is 4.81. The number of hydrogen-bond acceptors (Lipinski definition) is 3. The molecule has 1 aromatic carbocycles. The quantitative estimate of drug-likeness (QED) is 0.869. The fourth-order valence-corrected chi connectivity index (χ4v) is 1.80. The highest BCUT2D eigenvalue weighted by molar-refractivity contribution is 5.43. The average molecular weight is 242 g/mol. The maximum Gasteiger partial charge on any atom is 0.119 e. The number of ether oxygens (including phenoxy) is 1. The number of benzene rings is 1. The van der Waals surface area contributed by atoms with Crippen LogP contribution >= 0.6 is 0 Å². The monoisotopic (exact) mass is 242 g/mol. The Kier molecular flexibility index (Phi) is 4.18. The van der Waals surface area contributed by atoms with Gasteiger partial charge in [0.2, 0.25) is 0 Å². The molecule has 1 N–H and O–H groups in total. The van der Waals surface area contributed by atoms with Gasteiger partial charge in [-0.2, -0.15) is 0 Å². The number of pyridine rings is 1. The van der Waals surface area contributed by atoms with Gasteiger partial charge in [-0.3, -0.25) is 4.98 Å². The molecular formula is C15H18N2O. The van der Waals surface area contributed by atoms with Gasteiger partial charge >= 0.3 is 0 Å². The molecule has 0 radical (unpaired) electrons. The molecule has 0 spiro atoms. The molecular weight excluding hydrogens is 224 g/mol. The molecule has 3 heteroatoms. The minimum atomic E-state index is 0.241. The van der Waals surface area contributed by atoms with Gasteiger partial charge in [0.15, 0.2) is 0 Å². The second-order valence-corrected chi connectivity index (χ2v) is 4.11. The molecule has 2 aromatic rings. The topological polar surface area (TPSA) is 34.1 Å². The van der Waals surface area contributed by atoms with E-state index >= 15 is 0 Å². The lowest BCUT2D eigenvalue weighted by Gasteiger charge is -2.15. The molecule has 0 saturated carbocycles. The first-order chi connectivity index (χ1) is 8.79. The van der Waals surface area contributed by atoms with Crippen LogP contribution in [0.3, 0.4) is 0 Å². The van der Waals surface area contributed by atoms with Gasteiger partial charge in [-0.1, -0.05) is 12.1 Å². The van der Waals surface area contributed by atoms with Crippen molar-refractivity contribution in [3.8, 4) is 5.75 Å². The van der Waals surface area contributed by atoms with E-state index in [1.807, 2.05) is 37.4 Å². The van der Waals surface area contributed by atoms with Gasteiger partial charge in [-0.15, -0.1) is 0 Å². The minimum Gasteiger partial charge on any atom is -0.494 e. The molecule has 0 aliphatic carbocycles. The lowest BCUT2D eigenvalue weighted by atomic mass is 10.1. The van der Waals surface area contributed by atoms with E-state index in [2.05, 4.69) is 29.4 Å². The molecule has 0 bridgehead atoms. The summed E-state index contributed by atoms with van der Waals surface area (Å²) in [5, 5.41) is 3.41. The largest absolute Gasteiger partial charge is 0.494 e. The predicted octanol–water partition coefficient (Wildman–Crippen LogP) is 3.65. The molecule has 1 unspecified atom stereocenters. The SMILES string of the molecule is CCOc1ccc(C(C)Nc2cccnc2)cc1. The summed E-state index contributed by atoms with van der Waals surface area (Å²) in [6, 6.07) is 12.3. The van der Waals surface area contributed by atoms with Crippen LogP contribution in [0.15, 0.2) is 48.8 Å². The fraction of sp³-hybridized carbons (Fsp3) is 0.267. The third-order valence-corrected chi connectivity index (χ3v) is 2.74. The highest BCUT2D eigenvalue weighted by Gasteiger charge is 2.05. The summed E-state index contributed by atoms with van der Waals surface area (Å²) in [7, 11) is 0. The van der Waals surface area contributed by atoms with Crippen molar-refractivity contribution in [2.45, 2.75) is 19.9 Å². The lowest BCUT2D eigenvalue weighted by molar-refractivity contribution is 0.340. The van der Waals surface area contributed by atoms with Crippen molar-refractivity contribution >= 4 is 5.69 Å². The van der Waals surface area contributed by atoms with E-state index in [0.29, 0.717) is 6.61 Å². The highest BCUT2D eigenvalue weighted by atomic mass is 16.5. The van der Waals surface area contributed by atoms with Crippen molar-refractivity contribution in [1.29, 1.82) is 0 Å². The van der Waals surface area contributed by atoms with Crippen LogP contribution in [0.2, 0.25) is 0 Å². The second kappa shape index (κ2) is 6.05. The summed E-state index contributed by atoms with van der Waals surface area (Å²) < 4.78 is 5.43. The van der Waals surface area contributed by atoms with Crippen molar-refractivity contribution in [3.63, 3.8) is 0 Å². The summed E-state index contributed by atoms with van der Waals surface area (Å²) in [6.07, 6.45) is 3.60. The third-order valence-electron chi connectivity index (χ3n) is 2.74. The van der Waals surface area contributed by atoms with E-state index in [1.165, 1.54) is 5.56 Å². The van der Waals surface area contributed by atoms with Gasteiger partial charge < -0.3 is 10.1 Å². The van der Waals surface area contributed by atoms with E-state index in [-0.39, 0.29) is 6.04 Å². The number of anilines is 1. The molecule has 1 atom stereocenters. The van der Waals surface area contributed by atoms with Gasteiger partial charge in [0.05, 0.1) is 12.3 Å². The van der Waals surface area contributed by atoms with E-state index in [9.17, 15) is 0 Å². The Morgan fingerprint density at radius 3 is 2.61 bits per heavy atom. The van der Waals surface area contributed by atoms with Crippen molar-refractivity contribution in [3.05, 3.63) is 54.4 Å². The van der Waals surface area contributed by atoms with Gasteiger partial charge in [0.1, 0.15) is 5.75 Å². The minimum absolute atomic E-state index is 0.241. The number of rotatable bonds is 5. The van der Waals surface area contributed by atoms with Crippen molar-refractivity contribution in [1.82, 2.24) is 4.98 Å². The Morgan fingerprint density at radius 1 is 1.22 bits per heavy atom. The van der Waals surface area contributed by atoms with Crippen LogP contribution < -0.4 is 10.1 Å². The zero-order valence-corrected chi connectivity index (χ0v) is 10.8. The normalized spacial score (nSPS) is 11.9. The molecule has 0 fully saturated rings. The summed E-state index contributed by atoms with van der Waals surface area (Å²) in [4.78, 5) is 4.09. The van der Waals surface area contributed by atoms with Crippen LogP contribution in [0.4, 0.5) is 5.69 Å². The third kappa shape index (κ3) is 3.23. The Balaban J connectivity index is 2.02. The Labute approximate surface area is 108 Å². The maximum absolute atomic E-state index is 5.43. The lowest BCUT2D eigenvalue weighted by Crippen LogP contribution is -2.06. The van der Waals surface area contributed by atoms with Crippen LogP contribution in [0, 0.1) is 0 Å². The van der Waals surface area contributed by atoms with Crippen LogP contribution in [0.1, 0.15) is 25.5 Å². The summed E-state index contributed by atoms with van der Waals surface area (Å²) in [5.41, 5.74) is 2.25. The predicted molar refractivity (Wildman–Crippen MR) is 73.9 cm³/mol. The number of nitrogens with one attached hydrogen (secondary N) is 1. The molecule has 3 nitrogen and oxygen atoms in total. The highest BCUT2D eigenvalue weighted by Crippen LogP contribution is 2.21. The molecule has 1 aromatic heterocycles. The fourth-order valence-electron chi connectivity index (χ4n) is 1.80. The molecule has 1 heterocycles. The molecule has 0 aliphatic rings. The first-order valence-electron chi connectivity index (χ1n) is 6.19. The molecule has 2 rings (SSSR count). The van der Waals surface area contributed by atoms with Gasteiger partial charge in [-0.25, -0.2) is 0 Å². The van der Waals surface area contributed by atoms with Crippen LogP contribution in [0.25, 0.3) is 0 Å². The molecule has 0 saturated heterocycles. The Hall–Kier alpha value is -2.03. The van der Waals surface area contributed by atoms with Crippen LogP contribution in [-0.2, 0) is 0 Å². The molecule has 0 aliphatic heterocycles. The first kappa shape index (κ1) is 12.4. The Bertz CT molecular complexity index is 468. The van der Waals surface area contributed by atoms with Crippen molar-refractivity contribution in [2.24, 2.45) is 0 Å². The van der Waals surface area contributed by atoms with Crippen molar-refractivity contribution < 1.29 is 4.74 Å². The second-order valence-electron chi connectivity index (χ2n) is 4.11. The maximum atomic E-state index is 5.43. The van der Waals surface area contributed by atoms with Gasteiger partial charge in [0.25, 0.3) is 0 Å². The van der Waals surface area contributed by atoms with Crippen LogP contribution in [-0.4, -0.2) is 11.6 Å². The van der Waals surface area contributed by atoms with E-state index < -0.39 is 0 Å². The van der Waals surface area contributed by atoms with E-state index in [4.69, 9.17) is 4.74 Å². The zero-order valence-electron chi connectivity index (χ0n) is 10.8. The average Bonchev–Trinajstić information content (AvgIpc) is 2.41. The Morgan fingerprint density at radius 2 is 2.00 bits per heavy atom. The van der Waals surface area contributed by atoms with Crippen LogP contribution in [0.5, 0.6) is 5.75 Å². The molecule has 0 amide bonds. The standard InChI is InChI=1S/C15H18N2O/c1-3-18-15-8-6-13(7-9-15)12(2)17-14-5-4-10-16-11-14/h4-12,17H,3H2,1-2H3. The molecule has 18 heavy (non-hydrogen) atoms. The number of hydrogen-bond donors (Lipinski definition) is 1.